The number of hydrogen-bond acceptors (Lipinski definition) is 3. The molecule has 116 valence electrons. The third-order valence-electron chi connectivity index (χ3n) is 3.29. The van der Waals surface area contributed by atoms with Gasteiger partial charge < -0.3 is 5.32 Å². The minimum absolute atomic E-state index is 0.0182. The summed E-state index contributed by atoms with van der Waals surface area (Å²) in [6, 6.07) is 4.26. The molecule has 1 rings (SSSR count). The third kappa shape index (κ3) is 5.34. The van der Waals surface area contributed by atoms with Crippen molar-refractivity contribution in [2.75, 3.05) is 0 Å². The smallest absolute Gasteiger partial charge is 0.288 e. The van der Waals surface area contributed by atoms with Crippen molar-refractivity contribution >= 4 is 23.2 Å². The first-order valence-electron chi connectivity index (χ1n) is 7.21. The summed E-state index contributed by atoms with van der Waals surface area (Å²) in [6.45, 7) is 4.07. The van der Waals surface area contributed by atoms with Gasteiger partial charge in [0.2, 0.25) is 0 Å². The summed E-state index contributed by atoms with van der Waals surface area (Å²) in [5.41, 5.74) is -0.105. The minimum atomic E-state index is -0.590. The zero-order valence-electron chi connectivity index (χ0n) is 12.4. The van der Waals surface area contributed by atoms with E-state index in [4.69, 9.17) is 11.6 Å². The highest BCUT2D eigenvalue weighted by Gasteiger charge is 2.20. The lowest BCUT2D eigenvalue weighted by atomic mass is 10.1. The number of nitrogens with one attached hydrogen (secondary N) is 1. The van der Waals surface area contributed by atoms with E-state index in [9.17, 15) is 14.9 Å². The van der Waals surface area contributed by atoms with Crippen molar-refractivity contribution in [2.45, 2.75) is 52.0 Å². The van der Waals surface area contributed by atoms with Gasteiger partial charge in [-0.05, 0) is 19.4 Å². The normalized spacial score (nSPS) is 12.0. The first-order chi connectivity index (χ1) is 9.97. The van der Waals surface area contributed by atoms with Crippen molar-refractivity contribution in [3.8, 4) is 0 Å². The van der Waals surface area contributed by atoms with Gasteiger partial charge >= 0.3 is 0 Å². The zero-order chi connectivity index (χ0) is 15.8. The molecule has 6 heteroatoms. The van der Waals surface area contributed by atoms with Crippen LogP contribution in [0.2, 0.25) is 5.02 Å². The van der Waals surface area contributed by atoms with Gasteiger partial charge in [0.25, 0.3) is 11.6 Å². The standard InChI is InChI=1S/C15H21ClN2O3/c1-3-4-5-6-8-11(2)17-15(19)12-9-7-10-13(14(12)16)18(20)21/h7,9-11H,3-6,8H2,1-2H3,(H,17,19). The van der Waals surface area contributed by atoms with E-state index in [-0.39, 0.29) is 28.2 Å². The van der Waals surface area contributed by atoms with Crippen molar-refractivity contribution in [1.82, 2.24) is 5.32 Å². The molecule has 0 aliphatic rings. The Hall–Kier alpha value is -1.62. The Morgan fingerprint density at radius 2 is 2.10 bits per heavy atom. The Morgan fingerprint density at radius 1 is 1.38 bits per heavy atom. The molecule has 1 atom stereocenters. The fourth-order valence-corrected chi connectivity index (χ4v) is 2.37. The first kappa shape index (κ1) is 17.4. The van der Waals surface area contributed by atoms with Crippen LogP contribution in [0.3, 0.4) is 0 Å². The molecule has 1 amide bonds. The fraction of sp³-hybridized carbons (Fsp3) is 0.533. The van der Waals surface area contributed by atoms with Gasteiger partial charge in [0.05, 0.1) is 10.5 Å². The van der Waals surface area contributed by atoms with Gasteiger partial charge in [-0.15, -0.1) is 0 Å². The van der Waals surface area contributed by atoms with Gasteiger partial charge in [-0.1, -0.05) is 50.3 Å². The van der Waals surface area contributed by atoms with Crippen molar-refractivity contribution < 1.29 is 9.72 Å². The highest BCUT2D eigenvalue weighted by Crippen LogP contribution is 2.27. The predicted octanol–water partition coefficient (Wildman–Crippen LogP) is 4.34. The number of rotatable bonds is 8. The number of carbonyl (C=O) groups excluding carboxylic acids is 1. The monoisotopic (exact) mass is 312 g/mol. The van der Waals surface area contributed by atoms with Gasteiger partial charge in [-0.25, -0.2) is 0 Å². The van der Waals surface area contributed by atoms with Crippen LogP contribution in [0.15, 0.2) is 18.2 Å². The van der Waals surface area contributed by atoms with Crippen LogP contribution in [-0.4, -0.2) is 16.9 Å². The number of benzene rings is 1. The van der Waals surface area contributed by atoms with Gasteiger partial charge in [0.15, 0.2) is 0 Å². The van der Waals surface area contributed by atoms with Gasteiger partial charge in [0, 0.05) is 12.1 Å². The molecule has 1 aromatic carbocycles. The van der Waals surface area contributed by atoms with E-state index in [1.54, 1.807) is 0 Å². The molecular weight excluding hydrogens is 292 g/mol. The third-order valence-corrected chi connectivity index (χ3v) is 3.69. The second kappa shape index (κ2) is 8.62. The van der Waals surface area contributed by atoms with Crippen molar-refractivity contribution in [3.63, 3.8) is 0 Å². The molecule has 0 heterocycles. The van der Waals surface area contributed by atoms with Crippen LogP contribution in [-0.2, 0) is 0 Å². The molecule has 0 saturated carbocycles. The highest BCUT2D eigenvalue weighted by atomic mass is 35.5. The van der Waals surface area contributed by atoms with Crippen LogP contribution in [0.25, 0.3) is 0 Å². The van der Waals surface area contributed by atoms with Crippen molar-refractivity contribution in [2.24, 2.45) is 0 Å². The molecule has 0 spiro atoms. The maximum atomic E-state index is 12.1. The molecule has 21 heavy (non-hydrogen) atoms. The van der Waals surface area contributed by atoms with Crippen LogP contribution in [0, 0.1) is 10.1 Å². The number of unbranched alkanes of at least 4 members (excludes halogenated alkanes) is 3. The summed E-state index contributed by atoms with van der Waals surface area (Å²) in [5.74, 6) is -0.369. The summed E-state index contributed by atoms with van der Waals surface area (Å²) >= 11 is 5.93. The van der Waals surface area contributed by atoms with E-state index < -0.39 is 4.92 Å². The second-order valence-electron chi connectivity index (χ2n) is 5.12. The Balaban J connectivity index is 2.63. The topological polar surface area (TPSA) is 72.2 Å². The van der Waals surface area contributed by atoms with Crippen LogP contribution in [0.1, 0.15) is 56.3 Å². The van der Waals surface area contributed by atoms with Crippen molar-refractivity contribution in [3.05, 3.63) is 38.9 Å². The zero-order valence-corrected chi connectivity index (χ0v) is 13.2. The van der Waals surface area contributed by atoms with E-state index in [0.29, 0.717) is 0 Å². The van der Waals surface area contributed by atoms with Crippen LogP contribution >= 0.6 is 11.6 Å². The summed E-state index contributed by atoms with van der Waals surface area (Å²) < 4.78 is 0. The number of nitrogens with zero attached hydrogens (tertiary/aromatic N) is 1. The van der Waals surface area contributed by atoms with E-state index in [1.807, 2.05) is 6.92 Å². The lowest BCUT2D eigenvalue weighted by Gasteiger charge is -2.14. The van der Waals surface area contributed by atoms with E-state index in [2.05, 4.69) is 12.2 Å². The Morgan fingerprint density at radius 3 is 2.71 bits per heavy atom. The lowest BCUT2D eigenvalue weighted by Crippen LogP contribution is -2.32. The largest absolute Gasteiger partial charge is 0.350 e. The lowest BCUT2D eigenvalue weighted by molar-refractivity contribution is -0.384. The summed E-state index contributed by atoms with van der Waals surface area (Å²) in [5, 5.41) is 13.5. The SMILES string of the molecule is CCCCCCC(C)NC(=O)c1cccc([N+](=O)[O-])c1Cl. The molecule has 1 unspecified atom stereocenters. The molecule has 0 saturated heterocycles. The number of hydrogen-bond donors (Lipinski definition) is 1. The van der Waals surface area contributed by atoms with Crippen LogP contribution in [0.4, 0.5) is 5.69 Å². The average molecular weight is 313 g/mol. The molecule has 0 radical (unpaired) electrons. The molecule has 1 aromatic rings. The fourth-order valence-electron chi connectivity index (χ4n) is 2.09. The first-order valence-corrected chi connectivity index (χ1v) is 7.59. The minimum Gasteiger partial charge on any atom is -0.350 e. The van der Waals surface area contributed by atoms with E-state index in [1.165, 1.54) is 31.0 Å². The van der Waals surface area contributed by atoms with Crippen molar-refractivity contribution in [1.29, 1.82) is 0 Å². The molecule has 0 aliphatic heterocycles. The maximum absolute atomic E-state index is 12.1. The van der Waals surface area contributed by atoms with Crippen LogP contribution < -0.4 is 5.32 Å². The Bertz CT molecular complexity index is 506. The summed E-state index contributed by atoms with van der Waals surface area (Å²) in [6.07, 6.45) is 5.45. The quantitative estimate of drug-likeness (QED) is 0.441. The number of carbonyl (C=O) groups is 1. The summed E-state index contributed by atoms with van der Waals surface area (Å²) in [4.78, 5) is 22.3. The van der Waals surface area contributed by atoms with E-state index >= 15 is 0 Å². The molecule has 0 aromatic heterocycles. The van der Waals surface area contributed by atoms with Gasteiger partial charge in [0.1, 0.15) is 5.02 Å². The number of halogens is 1. The summed E-state index contributed by atoms with van der Waals surface area (Å²) in [7, 11) is 0. The number of nitro benzene ring substituents is 1. The molecule has 0 fully saturated rings. The average Bonchev–Trinajstić information content (AvgIpc) is 2.43. The molecular formula is C15H21ClN2O3. The molecule has 0 bridgehead atoms. The number of amides is 1. The van der Waals surface area contributed by atoms with E-state index in [0.717, 1.165) is 19.3 Å². The molecule has 0 aliphatic carbocycles. The molecule has 1 N–H and O–H groups in total. The second-order valence-corrected chi connectivity index (χ2v) is 5.50. The number of nitro groups is 1. The highest BCUT2D eigenvalue weighted by molar-refractivity contribution is 6.35. The maximum Gasteiger partial charge on any atom is 0.288 e. The van der Waals surface area contributed by atoms with Gasteiger partial charge in [-0.2, -0.15) is 0 Å². The van der Waals surface area contributed by atoms with Gasteiger partial charge in [-0.3, -0.25) is 14.9 Å². The predicted molar refractivity (Wildman–Crippen MR) is 83.8 cm³/mol. The van der Waals surface area contributed by atoms with Crippen LogP contribution in [0.5, 0.6) is 0 Å². The molecule has 5 nitrogen and oxygen atoms in total. The Labute approximate surface area is 129 Å². The Kier molecular flexibility index (Phi) is 7.15.